The molecule has 0 bridgehead atoms. The third-order valence-corrected chi connectivity index (χ3v) is 4.68. The van der Waals surface area contributed by atoms with Crippen LogP contribution in [-0.4, -0.2) is 11.6 Å². The van der Waals surface area contributed by atoms with Crippen molar-refractivity contribution in [1.29, 1.82) is 0 Å². The number of anilines is 1. The average molecular weight is 365 g/mol. The van der Waals surface area contributed by atoms with Gasteiger partial charge in [-0.3, -0.25) is 9.59 Å². The summed E-state index contributed by atoms with van der Waals surface area (Å²) in [6.45, 7) is 0. The molecule has 0 spiro atoms. The highest BCUT2D eigenvalue weighted by molar-refractivity contribution is 6.14. The topological polar surface area (TPSA) is 37.4 Å². The molecule has 3 heteroatoms. The fraction of sp³-hybridized carbons (Fsp3) is 0.0400. The number of para-hydroxylation sites is 1. The van der Waals surface area contributed by atoms with Crippen molar-refractivity contribution in [1.82, 2.24) is 0 Å². The van der Waals surface area contributed by atoms with Crippen molar-refractivity contribution < 1.29 is 9.59 Å². The lowest BCUT2D eigenvalue weighted by atomic mass is 9.92. The van der Waals surface area contributed by atoms with E-state index in [-0.39, 0.29) is 11.6 Å². The zero-order valence-corrected chi connectivity index (χ0v) is 15.3. The fourth-order valence-corrected chi connectivity index (χ4v) is 3.25. The molecule has 136 valence electrons. The Bertz CT molecular complexity index is 984. The molecule has 0 N–H and O–H groups in total. The van der Waals surface area contributed by atoms with Gasteiger partial charge >= 0.3 is 0 Å². The molecule has 0 saturated heterocycles. The summed E-state index contributed by atoms with van der Waals surface area (Å²) in [5.41, 5.74) is 3.33. The third-order valence-electron chi connectivity index (χ3n) is 4.68. The zero-order valence-electron chi connectivity index (χ0n) is 15.3. The van der Waals surface area contributed by atoms with Gasteiger partial charge in [0.05, 0.1) is 0 Å². The summed E-state index contributed by atoms with van der Waals surface area (Å²) in [6.07, 6.45) is 3.96. The molecule has 0 radical (unpaired) electrons. The van der Waals surface area contributed by atoms with E-state index < -0.39 is 0 Å². The second kappa shape index (κ2) is 7.89. The maximum atomic E-state index is 13.0. The lowest BCUT2D eigenvalue weighted by Crippen LogP contribution is -2.21. The molecule has 28 heavy (non-hydrogen) atoms. The van der Waals surface area contributed by atoms with E-state index in [1.807, 2.05) is 84.0 Å². The monoisotopic (exact) mass is 365 g/mol. The SMILES string of the molecule is O=C(C1=CN(c2ccccc2)C=C(C(=O)c2ccccc2)C1)c1ccccc1. The van der Waals surface area contributed by atoms with Crippen molar-refractivity contribution >= 4 is 17.3 Å². The van der Waals surface area contributed by atoms with E-state index in [1.165, 1.54) is 0 Å². The summed E-state index contributed by atoms with van der Waals surface area (Å²) < 4.78 is 0. The number of carbonyl (C=O) groups excluding carboxylic acids is 2. The van der Waals surface area contributed by atoms with Gasteiger partial charge in [-0.05, 0) is 12.1 Å². The number of hydrogen-bond acceptors (Lipinski definition) is 3. The van der Waals surface area contributed by atoms with Crippen LogP contribution in [0.15, 0.2) is 115 Å². The molecule has 1 aliphatic heterocycles. The van der Waals surface area contributed by atoms with Crippen LogP contribution in [0.25, 0.3) is 0 Å². The van der Waals surface area contributed by atoms with Gasteiger partial charge in [-0.15, -0.1) is 0 Å². The molecule has 0 fully saturated rings. The van der Waals surface area contributed by atoms with Crippen molar-refractivity contribution in [3.63, 3.8) is 0 Å². The lowest BCUT2D eigenvalue weighted by molar-refractivity contribution is 0.102. The molecule has 3 nitrogen and oxygen atoms in total. The van der Waals surface area contributed by atoms with E-state index in [1.54, 1.807) is 24.3 Å². The third kappa shape index (κ3) is 3.69. The number of benzene rings is 3. The van der Waals surface area contributed by atoms with Crippen LogP contribution in [-0.2, 0) is 0 Å². The van der Waals surface area contributed by atoms with Gasteiger partial charge in [-0.1, -0.05) is 78.9 Å². The molecule has 0 amide bonds. The van der Waals surface area contributed by atoms with E-state index in [0.29, 0.717) is 28.7 Å². The number of rotatable bonds is 5. The first-order valence-corrected chi connectivity index (χ1v) is 9.16. The first-order chi connectivity index (χ1) is 13.7. The molecular formula is C25H19NO2. The minimum Gasteiger partial charge on any atom is -0.323 e. The largest absolute Gasteiger partial charge is 0.323 e. The van der Waals surface area contributed by atoms with Crippen LogP contribution in [0, 0.1) is 0 Å². The maximum absolute atomic E-state index is 13.0. The molecule has 4 rings (SSSR count). The molecule has 3 aromatic rings. The second-order valence-corrected chi connectivity index (χ2v) is 6.62. The van der Waals surface area contributed by atoms with Crippen LogP contribution in [0.1, 0.15) is 27.1 Å². The predicted octanol–water partition coefficient (Wildman–Crippen LogP) is 5.43. The van der Waals surface area contributed by atoms with Gasteiger partial charge in [-0.25, -0.2) is 0 Å². The average Bonchev–Trinajstić information content (AvgIpc) is 2.79. The summed E-state index contributed by atoms with van der Waals surface area (Å²) in [5, 5.41) is 0. The minimum atomic E-state index is -0.0620. The minimum absolute atomic E-state index is 0.0620. The van der Waals surface area contributed by atoms with Crippen LogP contribution in [0.2, 0.25) is 0 Å². The Morgan fingerprint density at radius 1 is 0.571 bits per heavy atom. The fourth-order valence-electron chi connectivity index (χ4n) is 3.25. The van der Waals surface area contributed by atoms with Gasteiger partial charge in [0.25, 0.3) is 0 Å². The van der Waals surface area contributed by atoms with Crippen LogP contribution in [0.5, 0.6) is 0 Å². The molecule has 1 aliphatic rings. The number of hydrogen-bond donors (Lipinski definition) is 0. The molecule has 1 heterocycles. The van der Waals surface area contributed by atoms with Crippen molar-refractivity contribution in [2.45, 2.75) is 6.42 Å². The normalized spacial score (nSPS) is 13.5. The Hall–Kier alpha value is -3.72. The van der Waals surface area contributed by atoms with E-state index >= 15 is 0 Å². The number of Topliss-reactive ketones (excluding diaryl/α,β-unsaturated/α-hetero) is 2. The van der Waals surface area contributed by atoms with Gasteiger partial charge in [-0.2, -0.15) is 0 Å². The van der Waals surface area contributed by atoms with E-state index in [2.05, 4.69) is 0 Å². The van der Waals surface area contributed by atoms with Crippen molar-refractivity contribution in [2.24, 2.45) is 0 Å². The highest BCUT2D eigenvalue weighted by Crippen LogP contribution is 2.28. The summed E-state index contributed by atoms with van der Waals surface area (Å²) in [7, 11) is 0. The van der Waals surface area contributed by atoms with E-state index in [0.717, 1.165) is 5.69 Å². The Morgan fingerprint density at radius 3 is 1.39 bits per heavy atom. The molecule has 0 aliphatic carbocycles. The van der Waals surface area contributed by atoms with Crippen LogP contribution < -0.4 is 4.90 Å². The van der Waals surface area contributed by atoms with Gasteiger partial charge in [0.1, 0.15) is 0 Å². The first kappa shape index (κ1) is 17.7. The van der Waals surface area contributed by atoms with Crippen molar-refractivity contribution in [3.8, 4) is 0 Å². The van der Waals surface area contributed by atoms with Crippen LogP contribution in [0.3, 0.4) is 0 Å². The highest BCUT2D eigenvalue weighted by Gasteiger charge is 2.24. The number of allylic oxidation sites excluding steroid dienone is 2. The van der Waals surface area contributed by atoms with Gasteiger partial charge in [0, 0.05) is 46.8 Å². The molecular weight excluding hydrogens is 346 g/mol. The standard InChI is InChI=1S/C25H19NO2/c27-24(19-10-4-1-5-11-19)21-16-22(25(28)20-12-6-2-7-13-20)18-26(17-21)23-14-8-3-9-15-23/h1-15,17-18H,16H2. The number of carbonyl (C=O) groups is 2. The maximum Gasteiger partial charge on any atom is 0.190 e. The molecule has 0 saturated carbocycles. The van der Waals surface area contributed by atoms with E-state index in [4.69, 9.17) is 0 Å². The molecule has 0 atom stereocenters. The van der Waals surface area contributed by atoms with Crippen molar-refractivity contribution in [3.05, 3.63) is 126 Å². The summed E-state index contributed by atoms with van der Waals surface area (Å²) in [6, 6.07) is 28.0. The summed E-state index contributed by atoms with van der Waals surface area (Å²) in [5.74, 6) is -0.124. The van der Waals surface area contributed by atoms with Gasteiger partial charge in [0.15, 0.2) is 11.6 Å². The summed E-state index contributed by atoms with van der Waals surface area (Å²) in [4.78, 5) is 28.0. The van der Waals surface area contributed by atoms with Gasteiger partial charge in [0.2, 0.25) is 0 Å². The number of nitrogens with zero attached hydrogens (tertiary/aromatic N) is 1. The first-order valence-electron chi connectivity index (χ1n) is 9.16. The smallest absolute Gasteiger partial charge is 0.190 e. The molecule has 0 unspecified atom stereocenters. The summed E-state index contributed by atoms with van der Waals surface area (Å²) >= 11 is 0. The quantitative estimate of drug-likeness (QED) is 0.566. The molecule has 3 aromatic carbocycles. The highest BCUT2D eigenvalue weighted by atomic mass is 16.1. The Morgan fingerprint density at radius 2 is 0.964 bits per heavy atom. The van der Waals surface area contributed by atoms with E-state index in [9.17, 15) is 9.59 Å². The lowest BCUT2D eigenvalue weighted by Gasteiger charge is -2.24. The Kier molecular flexibility index (Phi) is 4.98. The Balaban J connectivity index is 1.72. The van der Waals surface area contributed by atoms with Crippen LogP contribution >= 0.6 is 0 Å². The molecule has 0 aromatic heterocycles. The van der Waals surface area contributed by atoms with Gasteiger partial charge < -0.3 is 4.90 Å². The second-order valence-electron chi connectivity index (χ2n) is 6.62. The Labute approximate surface area is 164 Å². The number of ketones is 2. The van der Waals surface area contributed by atoms with Crippen LogP contribution in [0.4, 0.5) is 5.69 Å². The zero-order chi connectivity index (χ0) is 19.3. The predicted molar refractivity (Wildman–Crippen MR) is 111 cm³/mol. The van der Waals surface area contributed by atoms with Crippen molar-refractivity contribution in [2.75, 3.05) is 4.90 Å².